The Morgan fingerprint density at radius 2 is 2.16 bits per heavy atom. The van der Waals surface area contributed by atoms with Gasteiger partial charge in [0.1, 0.15) is 0 Å². The summed E-state index contributed by atoms with van der Waals surface area (Å²) in [6.45, 7) is 11.3. The van der Waals surface area contributed by atoms with Gasteiger partial charge in [-0.05, 0) is 42.0 Å². The third kappa shape index (κ3) is 3.71. The number of hydrogen-bond acceptors (Lipinski definition) is 1. The van der Waals surface area contributed by atoms with Crippen LogP contribution >= 0.6 is 0 Å². The van der Waals surface area contributed by atoms with E-state index >= 15 is 0 Å². The second kappa shape index (κ2) is 6.58. The molecular weight excluding hydrogens is 232 g/mol. The van der Waals surface area contributed by atoms with E-state index in [9.17, 15) is 0 Å². The summed E-state index contributed by atoms with van der Waals surface area (Å²) in [5.41, 5.74) is 2.68. The van der Waals surface area contributed by atoms with Crippen LogP contribution in [0.15, 0.2) is 43.1 Å². The van der Waals surface area contributed by atoms with Crippen LogP contribution in [-0.2, 0) is 13.1 Å². The summed E-state index contributed by atoms with van der Waals surface area (Å²) >= 11 is 0. The third-order valence-electron chi connectivity index (χ3n) is 3.29. The number of nitrogens with one attached hydrogen (secondary N) is 1. The molecule has 0 unspecified atom stereocenters. The monoisotopic (exact) mass is 256 g/mol. The van der Waals surface area contributed by atoms with E-state index in [2.05, 4.69) is 60.8 Å². The van der Waals surface area contributed by atoms with E-state index in [1.807, 2.05) is 6.08 Å². The van der Waals surface area contributed by atoms with E-state index in [0.717, 1.165) is 26.1 Å². The molecule has 0 spiro atoms. The molecule has 0 saturated carbocycles. The van der Waals surface area contributed by atoms with Crippen LogP contribution in [0.5, 0.6) is 0 Å². The molecule has 2 heteroatoms. The predicted octanol–water partition coefficient (Wildman–Crippen LogP) is 3.96. The van der Waals surface area contributed by atoms with Gasteiger partial charge < -0.3 is 9.88 Å². The number of rotatable bonds is 7. The van der Waals surface area contributed by atoms with Crippen molar-refractivity contribution in [2.75, 3.05) is 6.54 Å². The highest BCUT2D eigenvalue weighted by atomic mass is 14.9. The molecule has 0 bridgehead atoms. The molecular formula is C17H24N2. The van der Waals surface area contributed by atoms with Crippen LogP contribution in [0.25, 0.3) is 10.9 Å². The Kier molecular flexibility index (Phi) is 4.80. The fraction of sp³-hybridized carbons (Fsp3) is 0.412. The summed E-state index contributed by atoms with van der Waals surface area (Å²) < 4.78 is 2.31. The molecule has 0 saturated heterocycles. The van der Waals surface area contributed by atoms with Gasteiger partial charge in [-0.25, -0.2) is 0 Å². The maximum atomic E-state index is 3.79. The van der Waals surface area contributed by atoms with Crippen molar-refractivity contribution in [3.63, 3.8) is 0 Å². The number of allylic oxidation sites excluding steroid dienone is 1. The lowest BCUT2D eigenvalue weighted by Crippen LogP contribution is -2.18. The lowest BCUT2D eigenvalue weighted by Gasteiger charge is -2.09. The molecule has 0 atom stereocenters. The molecule has 0 fully saturated rings. The van der Waals surface area contributed by atoms with E-state index in [4.69, 9.17) is 0 Å². The lowest BCUT2D eigenvalue weighted by molar-refractivity contribution is 0.552. The molecule has 1 aromatic heterocycles. The molecule has 102 valence electrons. The molecule has 0 radical (unpaired) electrons. The van der Waals surface area contributed by atoms with Gasteiger partial charge in [-0.15, -0.1) is 6.58 Å². The van der Waals surface area contributed by atoms with Gasteiger partial charge in [0.2, 0.25) is 0 Å². The minimum absolute atomic E-state index is 0.695. The Balaban J connectivity index is 2.11. The Labute approximate surface area is 116 Å². The second-order valence-electron chi connectivity index (χ2n) is 5.50. The zero-order chi connectivity index (χ0) is 13.7. The highest BCUT2D eigenvalue weighted by Crippen LogP contribution is 2.18. The molecule has 0 amide bonds. The number of hydrogen-bond donors (Lipinski definition) is 1. The van der Waals surface area contributed by atoms with Crippen LogP contribution < -0.4 is 5.32 Å². The first-order valence-electron chi connectivity index (χ1n) is 7.10. The summed E-state index contributed by atoms with van der Waals surface area (Å²) in [6, 6.07) is 8.91. The zero-order valence-electron chi connectivity index (χ0n) is 12.0. The zero-order valence-corrected chi connectivity index (χ0v) is 12.0. The van der Waals surface area contributed by atoms with E-state index in [0.29, 0.717) is 5.92 Å². The molecule has 19 heavy (non-hydrogen) atoms. The molecule has 2 nitrogen and oxygen atoms in total. The van der Waals surface area contributed by atoms with Gasteiger partial charge in [0, 0.05) is 24.8 Å². The maximum Gasteiger partial charge on any atom is 0.0483 e. The van der Waals surface area contributed by atoms with Crippen molar-refractivity contribution < 1.29 is 0 Å². The van der Waals surface area contributed by atoms with Crippen LogP contribution in [0.1, 0.15) is 25.8 Å². The summed E-state index contributed by atoms with van der Waals surface area (Å²) in [4.78, 5) is 0. The fourth-order valence-corrected chi connectivity index (χ4v) is 2.27. The first kappa shape index (κ1) is 13.9. The van der Waals surface area contributed by atoms with Crippen molar-refractivity contribution in [3.8, 4) is 0 Å². The molecule has 2 rings (SSSR count). The van der Waals surface area contributed by atoms with Gasteiger partial charge in [-0.2, -0.15) is 0 Å². The minimum Gasteiger partial charge on any atom is -0.347 e. The van der Waals surface area contributed by atoms with Gasteiger partial charge >= 0.3 is 0 Å². The first-order chi connectivity index (χ1) is 9.20. The number of nitrogens with zero attached hydrogens (tertiary/aromatic N) is 1. The Morgan fingerprint density at radius 3 is 2.89 bits per heavy atom. The van der Waals surface area contributed by atoms with Crippen LogP contribution in [0.2, 0.25) is 0 Å². The summed E-state index contributed by atoms with van der Waals surface area (Å²) in [5, 5.41) is 4.81. The molecule has 0 aliphatic carbocycles. The van der Waals surface area contributed by atoms with Gasteiger partial charge in [0.15, 0.2) is 0 Å². The van der Waals surface area contributed by atoms with E-state index in [1.54, 1.807) is 0 Å². The smallest absolute Gasteiger partial charge is 0.0483 e. The van der Waals surface area contributed by atoms with Gasteiger partial charge in [0.05, 0.1) is 0 Å². The van der Waals surface area contributed by atoms with E-state index < -0.39 is 0 Å². The molecule has 1 heterocycles. The lowest BCUT2D eigenvalue weighted by atomic mass is 10.1. The number of aromatic nitrogens is 1. The van der Waals surface area contributed by atoms with Crippen LogP contribution in [0, 0.1) is 5.92 Å². The first-order valence-corrected chi connectivity index (χ1v) is 7.10. The van der Waals surface area contributed by atoms with Gasteiger partial charge in [0.25, 0.3) is 0 Å². The number of aryl methyl sites for hydroxylation is 1. The van der Waals surface area contributed by atoms with Gasteiger partial charge in [-0.3, -0.25) is 0 Å². The predicted molar refractivity (Wildman–Crippen MR) is 83.3 cm³/mol. The topological polar surface area (TPSA) is 17.0 Å². The highest BCUT2D eigenvalue weighted by Gasteiger charge is 2.02. The Hall–Kier alpha value is -1.54. The van der Waals surface area contributed by atoms with E-state index in [1.165, 1.54) is 16.5 Å². The SMILES string of the molecule is C=CCCn1ccc2ccc(CNCC(C)C)cc21. The quantitative estimate of drug-likeness (QED) is 0.742. The summed E-state index contributed by atoms with van der Waals surface area (Å²) in [6.07, 6.45) is 5.15. The standard InChI is InChI=1S/C17H24N2/c1-4-5-9-19-10-8-16-7-6-15(11-17(16)19)13-18-12-14(2)3/h4,6-8,10-11,14,18H,1,5,9,12-13H2,2-3H3. The summed E-state index contributed by atoms with van der Waals surface area (Å²) in [5.74, 6) is 0.695. The summed E-state index contributed by atoms with van der Waals surface area (Å²) in [7, 11) is 0. The fourth-order valence-electron chi connectivity index (χ4n) is 2.27. The average Bonchev–Trinajstić information content (AvgIpc) is 2.78. The normalized spacial score (nSPS) is 11.3. The third-order valence-corrected chi connectivity index (χ3v) is 3.29. The second-order valence-corrected chi connectivity index (χ2v) is 5.50. The maximum absolute atomic E-state index is 3.79. The molecule has 0 aliphatic rings. The molecule has 2 aromatic rings. The van der Waals surface area contributed by atoms with Crippen LogP contribution in [0.4, 0.5) is 0 Å². The molecule has 0 aliphatic heterocycles. The Morgan fingerprint density at radius 1 is 1.32 bits per heavy atom. The largest absolute Gasteiger partial charge is 0.347 e. The van der Waals surface area contributed by atoms with Crippen molar-refractivity contribution in [1.29, 1.82) is 0 Å². The van der Waals surface area contributed by atoms with Crippen molar-refractivity contribution in [2.24, 2.45) is 5.92 Å². The van der Waals surface area contributed by atoms with Crippen LogP contribution in [-0.4, -0.2) is 11.1 Å². The average molecular weight is 256 g/mol. The van der Waals surface area contributed by atoms with Crippen molar-refractivity contribution in [2.45, 2.75) is 33.4 Å². The van der Waals surface area contributed by atoms with Crippen molar-refractivity contribution in [1.82, 2.24) is 9.88 Å². The molecule has 1 N–H and O–H groups in total. The van der Waals surface area contributed by atoms with Crippen molar-refractivity contribution >= 4 is 10.9 Å². The van der Waals surface area contributed by atoms with Crippen LogP contribution in [0.3, 0.4) is 0 Å². The number of fused-ring (bicyclic) bond motifs is 1. The molecule has 1 aromatic carbocycles. The van der Waals surface area contributed by atoms with E-state index in [-0.39, 0.29) is 0 Å². The highest BCUT2D eigenvalue weighted by molar-refractivity contribution is 5.80. The number of benzene rings is 1. The van der Waals surface area contributed by atoms with Crippen molar-refractivity contribution in [3.05, 3.63) is 48.7 Å². The Bertz CT molecular complexity index is 537. The minimum atomic E-state index is 0.695. The van der Waals surface area contributed by atoms with Gasteiger partial charge in [-0.1, -0.05) is 32.1 Å².